The number of rotatable bonds is 5. The van der Waals surface area contributed by atoms with E-state index in [2.05, 4.69) is 15.0 Å². The highest BCUT2D eigenvalue weighted by atomic mass is 35.5. The van der Waals surface area contributed by atoms with Crippen LogP contribution in [0.15, 0.2) is 36.4 Å². The number of pyridine rings is 1. The zero-order valence-corrected chi connectivity index (χ0v) is 12.4. The number of hydrogen-bond acceptors (Lipinski definition) is 3. The number of nitrogens with one attached hydrogen (secondary N) is 1. The number of ether oxygens (including phenoxy) is 1. The number of halogens is 3. The van der Waals surface area contributed by atoms with Gasteiger partial charge in [0.05, 0.1) is 11.4 Å². The molecule has 1 aromatic carbocycles. The number of benzene rings is 1. The van der Waals surface area contributed by atoms with Gasteiger partial charge in [0, 0.05) is 6.04 Å². The molecule has 1 N–H and O–H groups in total. The molecule has 1 atom stereocenters. The van der Waals surface area contributed by atoms with Crippen LogP contribution in [0.25, 0.3) is 0 Å². The van der Waals surface area contributed by atoms with Gasteiger partial charge in [-0.2, -0.15) is 8.78 Å². The van der Waals surface area contributed by atoms with Crippen LogP contribution in [0.4, 0.5) is 14.5 Å². The van der Waals surface area contributed by atoms with Crippen molar-refractivity contribution in [2.24, 2.45) is 0 Å². The first-order valence-corrected chi connectivity index (χ1v) is 6.78. The summed E-state index contributed by atoms with van der Waals surface area (Å²) in [5.74, 6) is 0.144. The standard InChI is InChI=1S/C15H15ClF2N2O/c1-9(19-13-7-8-14(16)20-10(13)2)11-3-5-12(6-4-11)21-15(17)18/h3-9,15,19H,1-2H3. The van der Waals surface area contributed by atoms with Crippen molar-refractivity contribution in [1.82, 2.24) is 4.98 Å². The van der Waals surface area contributed by atoms with Crippen LogP contribution in [0.3, 0.4) is 0 Å². The zero-order valence-electron chi connectivity index (χ0n) is 11.6. The fraction of sp³-hybridized carbons (Fsp3) is 0.267. The smallest absolute Gasteiger partial charge is 0.387 e. The lowest BCUT2D eigenvalue weighted by Crippen LogP contribution is -2.08. The zero-order chi connectivity index (χ0) is 15.4. The summed E-state index contributed by atoms with van der Waals surface area (Å²) >= 11 is 5.82. The van der Waals surface area contributed by atoms with Crippen LogP contribution in [0, 0.1) is 6.92 Å². The van der Waals surface area contributed by atoms with Gasteiger partial charge in [-0.25, -0.2) is 4.98 Å². The quantitative estimate of drug-likeness (QED) is 0.804. The highest BCUT2D eigenvalue weighted by Crippen LogP contribution is 2.24. The van der Waals surface area contributed by atoms with Gasteiger partial charge >= 0.3 is 6.61 Å². The van der Waals surface area contributed by atoms with Crippen LogP contribution in [-0.2, 0) is 0 Å². The molecule has 0 aliphatic heterocycles. The first-order chi connectivity index (χ1) is 9.95. The Morgan fingerprint density at radius 3 is 2.38 bits per heavy atom. The summed E-state index contributed by atoms with van der Waals surface area (Å²) in [6.45, 7) is 1.02. The molecule has 1 heterocycles. The summed E-state index contributed by atoms with van der Waals surface area (Å²) in [7, 11) is 0. The van der Waals surface area contributed by atoms with E-state index < -0.39 is 6.61 Å². The summed E-state index contributed by atoms with van der Waals surface area (Å²) in [6.07, 6.45) is 0. The van der Waals surface area contributed by atoms with E-state index in [-0.39, 0.29) is 11.8 Å². The molecule has 0 aliphatic carbocycles. The number of aromatic nitrogens is 1. The van der Waals surface area contributed by atoms with Gasteiger partial charge in [0.15, 0.2) is 0 Å². The van der Waals surface area contributed by atoms with Crippen LogP contribution < -0.4 is 10.1 Å². The Hall–Kier alpha value is -1.88. The predicted octanol–water partition coefficient (Wildman–Crippen LogP) is 4.82. The lowest BCUT2D eigenvalue weighted by atomic mass is 10.1. The van der Waals surface area contributed by atoms with Crippen molar-refractivity contribution in [2.75, 3.05) is 5.32 Å². The molecule has 0 aliphatic rings. The summed E-state index contributed by atoms with van der Waals surface area (Å²) in [5, 5.41) is 3.75. The molecule has 0 saturated heterocycles. The van der Waals surface area contributed by atoms with Crippen LogP contribution in [0.5, 0.6) is 5.75 Å². The molecule has 21 heavy (non-hydrogen) atoms. The van der Waals surface area contributed by atoms with Gasteiger partial charge in [-0.15, -0.1) is 0 Å². The highest BCUT2D eigenvalue weighted by Gasteiger charge is 2.09. The van der Waals surface area contributed by atoms with E-state index in [4.69, 9.17) is 11.6 Å². The number of aryl methyl sites for hydroxylation is 1. The second-order valence-electron chi connectivity index (χ2n) is 4.58. The Balaban J connectivity index is 2.07. The third kappa shape index (κ3) is 4.29. The molecule has 2 rings (SSSR count). The molecule has 0 radical (unpaired) electrons. The maximum atomic E-state index is 12.1. The first kappa shape index (κ1) is 15.5. The molecule has 112 valence electrons. The fourth-order valence-electron chi connectivity index (χ4n) is 1.94. The van der Waals surface area contributed by atoms with Crippen molar-refractivity contribution in [3.05, 3.63) is 52.8 Å². The molecule has 0 saturated carbocycles. The van der Waals surface area contributed by atoms with Crippen molar-refractivity contribution < 1.29 is 13.5 Å². The van der Waals surface area contributed by atoms with E-state index in [9.17, 15) is 8.78 Å². The summed E-state index contributed by atoms with van der Waals surface area (Å²) in [4.78, 5) is 4.17. The average molecular weight is 313 g/mol. The Morgan fingerprint density at radius 2 is 1.81 bits per heavy atom. The van der Waals surface area contributed by atoms with Gasteiger partial charge in [-0.3, -0.25) is 0 Å². The molecular formula is C15H15ClF2N2O. The monoisotopic (exact) mass is 312 g/mol. The SMILES string of the molecule is Cc1nc(Cl)ccc1NC(C)c1ccc(OC(F)F)cc1. The van der Waals surface area contributed by atoms with Crippen LogP contribution in [0.2, 0.25) is 5.15 Å². The van der Waals surface area contributed by atoms with E-state index in [0.29, 0.717) is 5.15 Å². The van der Waals surface area contributed by atoms with Crippen molar-refractivity contribution in [2.45, 2.75) is 26.5 Å². The fourth-order valence-corrected chi connectivity index (χ4v) is 2.13. The lowest BCUT2D eigenvalue weighted by Gasteiger charge is -2.17. The second kappa shape index (κ2) is 6.72. The normalized spacial score (nSPS) is 12.3. The minimum atomic E-state index is -2.81. The Bertz CT molecular complexity index is 605. The number of anilines is 1. The maximum absolute atomic E-state index is 12.1. The number of hydrogen-bond donors (Lipinski definition) is 1. The van der Waals surface area contributed by atoms with E-state index in [1.165, 1.54) is 12.1 Å². The van der Waals surface area contributed by atoms with E-state index in [0.717, 1.165) is 16.9 Å². The van der Waals surface area contributed by atoms with E-state index in [1.54, 1.807) is 18.2 Å². The maximum Gasteiger partial charge on any atom is 0.387 e. The van der Waals surface area contributed by atoms with Crippen LogP contribution in [0.1, 0.15) is 24.2 Å². The van der Waals surface area contributed by atoms with Crippen molar-refractivity contribution in [3.63, 3.8) is 0 Å². The number of alkyl halides is 2. The summed E-state index contributed by atoms with van der Waals surface area (Å²) in [6, 6.07) is 10.1. The molecule has 0 spiro atoms. The number of nitrogens with zero attached hydrogens (tertiary/aromatic N) is 1. The lowest BCUT2D eigenvalue weighted by molar-refractivity contribution is -0.0498. The molecule has 2 aromatic rings. The molecule has 0 fully saturated rings. The Morgan fingerprint density at radius 1 is 1.14 bits per heavy atom. The summed E-state index contributed by atoms with van der Waals surface area (Å²) < 4.78 is 28.5. The molecule has 0 amide bonds. The van der Waals surface area contributed by atoms with Crippen molar-refractivity contribution in [3.8, 4) is 5.75 Å². The van der Waals surface area contributed by atoms with Crippen LogP contribution in [-0.4, -0.2) is 11.6 Å². The highest BCUT2D eigenvalue weighted by molar-refractivity contribution is 6.29. The predicted molar refractivity (Wildman–Crippen MR) is 79.1 cm³/mol. The van der Waals surface area contributed by atoms with E-state index in [1.807, 2.05) is 19.9 Å². The minimum absolute atomic E-state index is 0.00715. The molecule has 0 bridgehead atoms. The third-order valence-electron chi connectivity index (χ3n) is 3.03. The molecule has 3 nitrogen and oxygen atoms in total. The first-order valence-electron chi connectivity index (χ1n) is 6.40. The summed E-state index contributed by atoms with van der Waals surface area (Å²) in [5.41, 5.74) is 2.62. The Labute approximate surface area is 126 Å². The molecule has 6 heteroatoms. The van der Waals surface area contributed by atoms with Crippen molar-refractivity contribution >= 4 is 17.3 Å². The van der Waals surface area contributed by atoms with Gasteiger partial charge in [-0.05, 0) is 43.7 Å². The molecule has 1 unspecified atom stereocenters. The van der Waals surface area contributed by atoms with Gasteiger partial charge in [0.25, 0.3) is 0 Å². The average Bonchev–Trinajstić information content (AvgIpc) is 2.42. The topological polar surface area (TPSA) is 34.2 Å². The third-order valence-corrected chi connectivity index (χ3v) is 3.24. The largest absolute Gasteiger partial charge is 0.435 e. The van der Waals surface area contributed by atoms with Gasteiger partial charge < -0.3 is 10.1 Å². The van der Waals surface area contributed by atoms with Gasteiger partial charge in [-0.1, -0.05) is 23.7 Å². The van der Waals surface area contributed by atoms with E-state index >= 15 is 0 Å². The van der Waals surface area contributed by atoms with Gasteiger partial charge in [0.2, 0.25) is 0 Å². The Kier molecular flexibility index (Phi) is 4.96. The minimum Gasteiger partial charge on any atom is -0.435 e. The van der Waals surface area contributed by atoms with Crippen LogP contribution >= 0.6 is 11.6 Å². The van der Waals surface area contributed by atoms with Gasteiger partial charge in [0.1, 0.15) is 10.9 Å². The molecular weight excluding hydrogens is 298 g/mol. The molecule has 1 aromatic heterocycles. The van der Waals surface area contributed by atoms with Crippen molar-refractivity contribution in [1.29, 1.82) is 0 Å². The second-order valence-corrected chi connectivity index (χ2v) is 4.97.